The molecule has 0 fully saturated rings. The maximum absolute atomic E-state index is 8.74. The molecule has 0 amide bonds. The summed E-state index contributed by atoms with van der Waals surface area (Å²) in [7, 11) is -4.67. The molecule has 0 aliphatic rings. The van der Waals surface area contributed by atoms with Gasteiger partial charge in [-0.25, -0.2) is 0 Å². The largest absolute Gasteiger partial charge is 0.411 e. The Kier molecular flexibility index (Phi) is 5.82. The Morgan fingerprint density at radius 3 is 1.38 bits per heavy atom. The van der Waals surface area contributed by atoms with E-state index in [4.69, 9.17) is 22.7 Å². The van der Waals surface area contributed by atoms with Crippen LogP contribution in [0.5, 0.6) is 0 Å². The first kappa shape index (κ1) is 10.3. The van der Waals surface area contributed by atoms with E-state index in [1.807, 2.05) is 0 Å². The summed E-state index contributed by atoms with van der Waals surface area (Å²) in [5.41, 5.74) is 0. The molecule has 0 aromatic rings. The summed E-state index contributed by atoms with van der Waals surface area (Å²) in [5, 5.41) is 9.33. The third-order valence-corrected chi connectivity index (χ3v) is 0. The third kappa shape index (κ3) is 231. The fourth-order valence-electron chi connectivity index (χ4n) is 0. The fourth-order valence-corrected chi connectivity index (χ4v) is 0. The van der Waals surface area contributed by atoms with Crippen LogP contribution in [0, 0.1) is 0 Å². The Morgan fingerprint density at radius 1 is 1.38 bits per heavy atom. The molecule has 0 saturated carbocycles. The maximum atomic E-state index is 8.74. The molecular formula is CH5NO5S. The highest BCUT2D eigenvalue weighted by Gasteiger charge is 1.84. The van der Waals surface area contributed by atoms with Gasteiger partial charge in [-0.3, -0.25) is 9.11 Å². The van der Waals surface area contributed by atoms with Gasteiger partial charge in [0.2, 0.25) is 0 Å². The van der Waals surface area contributed by atoms with Crippen molar-refractivity contribution in [1.29, 1.82) is 0 Å². The Hall–Kier alpha value is -0.660. The summed E-state index contributed by atoms with van der Waals surface area (Å²) in [4.78, 5) is 0. The summed E-state index contributed by atoms with van der Waals surface area (Å²) >= 11 is 0. The highest BCUT2D eigenvalue weighted by molar-refractivity contribution is 7.79. The molecule has 7 heteroatoms. The molecule has 0 aromatic carbocycles. The van der Waals surface area contributed by atoms with Crippen LogP contribution in [-0.4, -0.2) is 29.4 Å². The highest BCUT2D eigenvalue weighted by Crippen LogP contribution is 1.59. The van der Waals surface area contributed by atoms with Gasteiger partial charge in [0.1, 0.15) is 0 Å². The molecule has 0 unspecified atom stereocenters. The van der Waals surface area contributed by atoms with Crippen LogP contribution in [-0.2, 0) is 10.4 Å². The number of nitrogens with zero attached hydrogens (tertiary/aromatic N) is 1. The van der Waals surface area contributed by atoms with Crippen LogP contribution >= 0.6 is 0 Å². The quantitative estimate of drug-likeness (QED) is 0.182. The summed E-state index contributed by atoms with van der Waals surface area (Å²) in [5.74, 6) is 0. The lowest BCUT2D eigenvalue weighted by Gasteiger charge is -1.68. The van der Waals surface area contributed by atoms with Gasteiger partial charge < -0.3 is 5.21 Å². The smallest absolute Gasteiger partial charge is 0.394 e. The van der Waals surface area contributed by atoms with Gasteiger partial charge in [-0.15, -0.1) is 5.16 Å². The molecule has 0 spiro atoms. The molecule has 0 atom stereocenters. The van der Waals surface area contributed by atoms with E-state index in [0.29, 0.717) is 0 Å². The molecule has 0 aliphatic heterocycles. The number of rotatable bonds is 0. The van der Waals surface area contributed by atoms with Gasteiger partial charge in [0.15, 0.2) is 0 Å². The molecule has 0 bridgehead atoms. The highest BCUT2D eigenvalue weighted by atomic mass is 32.3. The van der Waals surface area contributed by atoms with Crippen molar-refractivity contribution in [3.05, 3.63) is 0 Å². The second-order valence-corrected chi connectivity index (χ2v) is 1.48. The lowest BCUT2D eigenvalue weighted by Crippen LogP contribution is -1.89. The van der Waals surface area contributed by atoms with Gasteiger partial charge in [0, 0.05) is 6.72 Å². The first-order chi connectivity index (χ1) is 3.41. The molecule has 0 rings (SSSR count). The van der Waals surface area contributed by atoms with Crippen LogP contribution in [0.3, 0.4) is 0 Å². The molecule has 50 valence electrons. The van der Waals surface area contributed by atoms with Crippen molar-refractivity contribution in [2.75, 3.05) is 0 Å². The predicted octanol–water partition coefficient (Wildman–Crippen LogP) is -0.577. The second kappa shape index (κ2) is 4.50. The Labute approximate surface area is 46.0 Å². The van der Waals surface area contributed by atoms with Gasteiger partial charge in [0.05, 0.1) is 0 Å². The van der Waals surface area contributed by atoms with Crippen LogP contribution in [0.1, 0.15) is 0 Å². The van der Waals surface area contributed by atoms with Crippen molar-refractivity contribution >= 4 is 17.1 Å². The first-order valence-corrected chi connectivity index (χ1v) is 2.61. The Bertz CT molecular complexity index is 127. The van der Waals surface area contributed by atoms with E-state index >= 15 is 0 Å². The van der Waals surface area contributed by atoms with Crippen LogP contribution in [0.15, 0.2) is 5.16 Å². The lowest BCUT2D eigenvalue weighted by molar-refractivity contribution is 0.323. The van der Waals surface area contributed by atoms with Crippen molar-refractivity contribution in [3.63, 3.8) is 0 Å². The van der Waals surface area contributed by atoms with Crippen molar-refractivity contribution in [1.82, 2.24) is 0 Å². The maximum Gasteiger partial charge on any atom is 0.394 e. The summed E-state index contributed by atoms with van der Waals surface area (Å²) in [6, 6.07) is 0. The fraction of sp³-hybridized carbons (Fsp3) is 0. The van der Waals surface area contributed by atoms with E-state index < -0.39 is 10.4 Å². The molecule has 0 heterocycles. The van der Waals surface area contributed by atoms with E-state index in [1.54, 1.807) is 0 Å². The Balaban J connectivity index is 0. The van der Waals surface area contributed by atoms with E-state index in [-0.39, 0.29) is 0 Å². The zero-order valence-corrected chi connectivity index (χ0v) is 4.54. The van der Waals surface area contributed by atoms with Gasteiger partial charge >= 0.3 is 10.4 Å². The van der Waals surface area contributed by atoms with Crippen molar-refractivity contribution < 1.29 is 22.7 Å². The molecule has 3 N–H and O–H groups in total. The van der Waals surface area contributed by atoms with Crippen LogP contribution in [0.25, 0.3) is 0 Å². The molecule has 0 saturated heterocycles. The standard InChI is InChI=1S/CH3NO.H2O4S/c1-2-3;1-5(2,3)4/h3H,1H2;(H2,1,2,3,4). The topological polar surface area (TPSA) is 107 Å². The van der Waals surface area contributed by atoms with E-state index in [9.17, 15) is 0 Å². The van der Waals surface area contributed by atoms with E-state index in [0.717, 1.165) is 0 Å². The minimum absolute atomic E-state index is 2.25. The lowest BCUT2D eigenvalue weighted by atomic mass is 11.8. The minimum Gasteiger partial charge on any atom is -0.411 e. The molecular weight excluding hydrogens is 138 g/mol. The van der Waals surface area contributed by atoms with Crippen molar-refractivity contribution in [3.8, 4) is 0 Å². The van der Waals surface area contributed by atoms with Crippen LogP contribution in [0.4, 0.5) is 0 Å². The predicted molar refractivity (Wildman–Crippen MR) is 25.5 cm³/mol. The SMILES string of the molecule is C=NO.O=S(=O)(O)O. The summed E-state index contributed by atoms with van der Waals surface area (Å²) in [6.45, 7) is 2.67. The van der Waals surface area contributed by atoms with Crippen molar-refractivity contribution in [2.45, 2.75) is 0 Å². The average molecular weight is 143 g/mol. The van der Waals surface area contributed by atoms with Gasteiger partial charge in [-0.2, -0.15) is 8.42 Å². The monoisotopic (exact) mass is 143 g/mol. The van der Waals surface area contributed by atoms with Gasteiger partial charge in [-0.1, -0.05) is 0 Å². The molecule has 0 radical (unpaired) electrons. The molecule has 6 nitrogen and oxygen atoms in total. The van der Waals surface area contributed by atoms with Crippen LogP contribution in [0.2, 0.25) is 0 Å². The van der Waals surface area contributed by atoms with Crippen molar-refractivity contribution in [2.24, 2.45) is 5.16 Å². The van der Waals surface area contributed by atoms with Gasteiger partial charge in [-0.05, 0) is 0 Å². The van der Waals surface area contributed by atoms with Crippen LogP contribution < -0.4 is 0 Å². The number of hydrogen-bond donors (Lipinski definition) is 3. The zero-order valence-electron chi connectivity index (χ0n) is 3.72. The minimum atomic E-state index is -4.67. The molecule has 8 heavy (non-hydrogen) atoms. The second-order valence-electron chi connectivity index (χ2n) is 0.589. The van der Waals surface area contributed by atoms with E-state index in [2.05, 4.69) is 11.9 Å². The summed E-state index contributed by atoms with van der Waals surface area (Å²) in [6.07, 6.45) is 0. The van der Waals surface area contributed by atoms with E-state index in [1.165, 1.54) is 0 Å². The van der Waals surface area contributed by atoms with Gasteiger partial charge in [0.25, 0.3) is 0 Å². The molecule has 0 aromatic heterocycles. The average Bonchev–Trinajstić information content (AvgIpc) is 1.27. The third-order valence-electron chi connectivity index (χ3n) is 0. The normalized spacial score (nSPS) is 8.75. The first-order valence-electron chi connectivity index (χ1n) is 1.21. The number of oxime groups is 1. The zero-order chi connectivity index (χ0) is 7.21. The Morgan fingerprint density at radius 2 is 1.38 bits per heavy atom. The molecule has 0 aliphatic carbocycles. The summed E-state index contributed by atoms with van der Waals surface area (Å²) < 4.78 is 31.6. The number of hydrogen-bond acceptors (Lipinski definition) is 4.